The van der Waals surface area contributed by atoms with E-state index in [1.165, 1.54) is 24.3 Å². The molecule has 21 heavy (non-hydrogen) atoms. The molecule has 0 aliphatic carbocycles. The summed E-state index contributed by atoms with van der Waals surface area (Å²) in [6.07, 6.45) is 0. The Bertz CT molecular complexity index is 730. The third-order valence-electron chi connectivity index (χ3n) is 3.25. The van der Waals surface area contributed by atoms with Crippen LogP contribution in [-0.2, 0) is 0 Å². The third-order valence-corrected chi connectivity index (χ3v) is 3.25. The van der Waals surface area contributed by atoms with Crippen LogP contribution in [0.2, 0.25) is 0 Å². The molecule has 104 valence electrons. The second kappa shape index (κ2) is 5.97. The smallest absolute Gasteiger partial charge is 0.269 e. The number of benzene rings is 2. The van der Waals surface area contributed by atoms with Gasteiger partial charge in [0.25, 0.3) is 5.69 Å². The van der Waals surface area contributed by atoms with Crippen LogP contribution < -0.4 is 0 Å². The number of hydrogen-bond acceptors (Lipinski definition) is 4. The van der Waals surface area contributed by atoms with Crippen molar-refractivity contribution < 1.29 is 9.72 Å². The Hall–Kier alpha value is -3.00. The fourth-order valence-corrected chi connectivity index (χ4v) is 2.09. The number of aryl methyl sites for hydroxylation is 1. The number of hydrogen-bond donors (Lipinski definition) is 0. The quantitative estimate of drug-likeness (QED) is 0.488. The van der Waals surface area contributed by atoms with Gasteiger partial charge < -0.3 is 0 Å². The van der Waals surface area contributed by atoms with Gasteiger partial charge in [0, 0.05) is 17.7 Å². The van der Waals surface area contributed by atoms with E-state index in [0.29, 0.717) is 5.56 Å². The zero-order valence-electron chi connectivity index (χ0n) is 11.3. The lowest BCUT2D eigenvalue weighted by Crippen LogP contribution is -2.12. The van der Waals surface area contributed by atoms with Crippen molar-refractivity contribution in [1.29, 1.82) is 5.26 Å². The average molecular weight is 280 g/mol. The molecule has 0 amide bonds. The first-order chi connectivity index (χ1) is 10.0. The van der Waals surface area contributed by atoms with Gasteiger partial charge >= 0.3 is 0 Å². The van der Waals surface area contributed by atoms with E-state index in [2.05, 4.69) is 0 Å². The van der Waals surface area contributed by atoms with Gasteiger partial charge in [-0.15, -0.1) is 0 Å². The van der Waals surface area contributed by atoms with Crippen LogP contribution in [0, 0.1) is 28.4 Å². The molecule has 0 saturated carbocycles. The molecule has 1 atom stereocenters. The Balaban J connectivity index is 2.35. The second-order valence-corrected chi connectivity index (χ2v) is 4.59. The van der Waals surface area contributed by atoms with E-state index in [9.17, 15) is 20.2 Å². The lowest BCUT2D eigenvalue weighted by Gasteiger charge is -2.11. The van der Waals surface area contributed by atoms with Crippen LogP contribution >= 0.6 is 0 Å². The van der Waals surface area contributed by atoms with Crippen LogP contribution in [0.15, 0.2) is 48.5 Å². The summed E-state index contributed by atoms with van der Waals surface area (Å²) in [7, 11) is 0. The van der Waals surface area contributed by atoms with Gasteiger partial charge in [0.2, 0.25) is 0 Å². The van der Waals surface area contributed by atoms with Crippen molar-refractivity contribution in [3.63, 3.8) is 0 Å². The minimum absolute atomic E-state index is 0.0871. The first-order valence-corrected chi connectivity index (χ1v) is 6.28. The molecule has 0 spiro atoms. The summed E-state index contributed by atoms with van der Waals surface area (Å²) in [6.45, 7) is 1.84. The predicted molar refractivity (Wildman–Crippen MR) is 77.0 cm³/mol. The molecule has 0 N–H and O–H groups in total. The van der Waals surface area contributed by atoms with Gasteiger partial charge in [0.1, 0.15) is 5.92 Å². The molecule has 2 rings (SSSR count). The third kappa shape index (κ3) is 2.95. The zero-order chi connectivity index (χ0) is 15.4. The van der Waals surface area contributed by atoms with Crippen molar-refractivity contribution in [2.75, 3.05) is 0 Å². The first-order valence-electron chi connectivity index (χ1n) is 6.28. The highest BCUT2D eigenvalue weighted by molar-refractivity contribution is 6.03. The van der Waals surface area contributed by atoms with E-state index in [-0.39, 0.29) is 17.0 Å². The molecule has 0 aliphatic heterocycles. The fourth-order valence-electron chi connectivity index (χ4n) is 2.09. The molecule has 0 saturated heterocycles. The van der Waals surface area contributed by atoms with Crippen molar-refractivity contribution in [2.24, 2.45) is 0 Å². The molecule has 1 unspecified atom stereocenters. The summed E-state index contributed by atoms with van der Waals surface area (Å²) >= 11 is 0. The molecular formula is C16H12N2O3. The number of Topliss-reactive ketones (excluding diaryl/α,β-unsaturated/α-hetero) is 1. The van der Waals surface area contributed by atoms with Crippen LogP contribution in [-0.4, -0.2) is 10.7 Å². The van der Waals surface area contributed by atoms with Gasteiger partial charge in [-0.2, -0.15) is 5.26 Å². The van der Waals surface area contributed by atoms with E-state index >= 15 is 0 Å². The highest BCUT2D eigenvalue weighted by Gasteiger charge is 2.23. The summed E-state index contributed by atoms with van der Waals surface area (Å²) in [5, 5.41) is 19.9. The molecule has 2 aromatic rings. The second-order valence-electron chi connectivity index (χ2n) is 4.59. The standard InChI is InChI=1S/C16H12N2O3/c1-11-4-2-3-5-14(11)15(10-17)16(19)12-6-8-13(9-7-12)18(20)21/h2-9,15H,1H3. The summed E-state index contributed by atoms with van der Waals surface area (Å²) in [5.41, 5.74) is 1.72. The number of nitro groups is 1. The number of nitro benzene ring substituents is 1. The number of rotatable bonds is 4. The Morgan fingerprint density at radius 1 is 1.19 bits per heavy atom. The van der Waals surface area contributed by atoms with Crippen LogP contribution in [0.25, 0.3) is 0 Å². The van der Waals surface area contributed by atoms with Gasteiger partial charge in [-0.3, -0.25) is 14.9 Å². The Kier molecular flexibility index (Phi) is 4.10. The van der Waals surface area contributed by atoms with Crippen LogP contribution in [0.5, 0.6) is 0 Å². The molecular weight excluding hydrogens is 268 g/mol. The molecule has 0 bridgehead atoms. The van der Waals surface area contributed by atoms with Gasteiger partial charge in [0.15, 0.2) is 5.78 Å². The molecule has 2 aromatic carbocycles. The minimum atomic E-state index is -0.910. The van der Waals surface area contributed by atoms with Crippen LogP contribution in [0.3, 0.4) is 0 Å². The zero-order valence-corrected chi connectivity index (χ0v) is 11.3. The topological polar surface area (TPSA) is 84.0 Å². The summed E-state index contributed by atoms with van der Waals surface area (Å²) in [4.78, 5) is 22.5. The van der Waals surface area contributed by atoms with E-state index in [4.69, 9.17) is 0 Å². The molecule has 0 fully saturated rings. The highest BCUT2D eigenvalue weighted by Crippen LogP contribution is 2.24. The van der Waals surface area contributed by atoms with Gasteiger partial charge in [-0.1, -0.05) is 24.3 Å². The molecule has 0 aliphatic rings. The maximum Gasteiger partial charge on any atom is 0.269 e. The number of carbonyl (C=O) groups excluding carboxylic acids is 1. The maximum absolute atomic E-state index is 12.4. The van der Waals surface area contributed by atoms with Crippen LogP contribution in [0.1, 0.15) is 27.4 Å². The highest BCUT2D eigenvalue weighted by atomic mass is 16.6. The normalized spacial score (nSPS) is 11.4. The average Bonchev–Trinajstić information content (AvgIpc) is 2.50. The minimum Gasteiger partial charge on any atom is -0.292 e. The largest absolute Gasteiger partial charge is 0.292 e. The van der Waals surface area contributed by atoms with Crippen molar-refractivity contribution in [3.8, 4) is 6.07 Å². The maximum atomic E-state index is 12.4. The van der Waals surface area contributed by atoms with E-state index in [1.807, 2.05) is 25.1 Å². The Morgan fingerprint density at radius 2 is 1.81 bits per heavy atom. The van der Waals surface area contributed by atoms with Gasteiger partial charge in [0.05, 0.1) is 11.0 Å². The van der Waals surface area contributed by atoms with Crippen LogP contribution in [0.4, 0.5) is 5.69 Å². The predicted octanol–water partition coefficient (Wildman–Crippen LogP) is 3.39. The van der Waals surface area contributed by atoms with Crippen molar-refractivity contribution in [2.45, 2.75) is 12.8 Å². The van der Waals surface area contributed by atoms with Gasteiger partial charge in [-0.25, -0.2) is 0 Å². The number of carbonyl (C=O) groups is 1. The number of ketones is 1. The van der Waals surface area contributed by atoms with Crippen molar-refractivity contribution >= 4 is 11.5 Å². The molecule has 5 heteroatoms. The number of nitriles is 1. The lowest BCUT2D eigenvalue weighted by atomic mass is 9.89. The molecule has 0 heterocycles. The Morgan fingerprint density at radius 3 is 2.33 bits per heavy atom. The summed E-state index contributed by atoms with van der Waals surface area (Å²) in [5.74, 6) is -1.27. The van der Waals surface area contributed by atoms with Crippen molar-refractivity contribution in [1.82, 2.24) is 0 Å². The summed E-state index contributed by atoms with van der Waals surface area (Å²) in [6, 6.07) is 14.5. The SMILES string of the molecule is Cc1ccccc1C(C#N)C(=O)c1ccc([N+](=O)[O-])cc1. The van der Waals surface area contributed by atoms with E-state index in [1.54, 1.807) is 12.1 Å². The van der Waals surface area contributed by atoms with Crippen molar-refractivity contribution in [3.05, 3.63) is 75.3 Å². The first kappa shape index (κ1) is 14.4. The van der Waals surface area contributed by atoms with Gasteiger partial charge in [-0.05, 0) is 30.2 Å². The molecule has 5 nitrogen and oxygen atoms in total. The fraction of sp³-hybridized carbons (Fsp3) is 0.125. The Labute approximate surface area is 121 Å². The lowest BCUT2D eigenvalue weighted by molar-refractivity contribution is -0.384. The molecule has 0 aromatic heterocycles. The summed E-state index contributed by atoms with van der Waals surface area (Å²) < 4.78 is 0. The number of non-ortho nitro benzene ring substituents is 1. The monoisotopic (exact) mass is 280 g/mol. The molecule has 0 radical (unpaired) electrons. The van der Waals surface area contributed by atoms with E-state index in [0.717, 1.165) is 5.56 Å². The number of nitrogens with zero attached hydrogens (tertiary/aromatic N) is 2. The van der Waals surface area contributed by atoms with E-state index < -0.39 is 10.8 Å².